The third-order valence-corrected chi connectivity index (χ3v) is 5.06. The van der Waals surface area contributed by atoms with Crippen molar-refractivity contribution in [2.45, 2.75) is 37.0 Å². The van der Waals surface area contributed by atoms with E-state index in [9.17, 15) is 20.1 Å². The quantitative estimate of drug-likeness (QED) is 0.112. The van der Waals surface area contributed by atoms with Crippen LogP contribution in [-0.2, 0) is 9.53 Å². The summed E-state index contributed by atoms with van der Waals surface area (Å²) in [5, 5.41) is 32.8. The Kier molecular flexibility index (Phi) is 6.68. The molecule has 0 saturated carbocycles. The number of fused-ring (bicyclic) bond motifs is 1. The van der Waals surface area contributed by atoms with Crippen molar-refractivity contribution in [3.63, 3.8) is 0 Å². The Bertz CT molecular complexity index is 920. The molecule has 5 atom stereocenters. The minimum Gasteiger partial charge on any atom is -0.480 e. The van der Waals surface area contributed by atoms with Crippen LogP contribution in [0.2, 0.25) is 0 Å². The normalized spacial score (nSPS) is 25.0. The molecular formula is C14H19N9O5S. The van der Waals surface area contributed by atoms with Crippen LogP contribution in [0.4, 0.5) is 5.82 Å². The van der Waals surface area contributed by atoms with E-state index in [1.54, 1.807) is 0 Å². The van der Waals surface area contributed by atoms with Crippen molar-refractivity contribution < 1.29 is 24.9 Å². The molecular weight excluding hydrogens is 406 g/mol. The van der Waals surface area contributed by atoms with Crippen LogP contribution >= 0.6 is 11.9 Å². The molecule has 3 rings (SSSR count). The lowest BCUT2D eigenvalue weighted by Crippen LogP contribution is -2.44. The molecule has 156 valence electrons. The van der Waals surface area contributed by atoms with E-state index in [-0.39, 0.29) is 18.8 Å². The molecule has 0 aromatic carbocycles. The van der Waals surface area contributed by atoms with Crippen LogP contribution < -0.4 is 11.1 Å². The maximum atomic E-state index is 11.4. The van der Waals surface area contributed by atoms with Crippen LogP contribution in [-0.4, -0.2) is 77.5 Å². The van der Waals surface area contributed by atoms with Crippen LogP contribution in [0.15, 0.2) is 17.2 Å². The van der Waals surface area contributed by atoms with E-state index in [0.29, 0.717) is 16.9 Å². The van der Waals surface area contributed by atoms with Crippen LogP contribution in [0, 0.1) is 0 Å². The highest BCUT2D eigenvalue weighted by Crippen LogP contribution is 2.31. The third-order valence-electron chi connectivity index (χ3n) is 4.45. The second kappa shape index (κ2) is 9.21. The maximum absolute atomic E-state index is 11.4. The first-order chi connectivity index (χ1) is 13.9. The van der Waals surface area contributed by atoms with Gasteiger partial charge in [0.25, 0.3) is 0 Å². The van der Waals surface area contributed by atoms with Crippen LogP contribution in [0.1, 0.15) is 12.6 Å². The van der Waals surface area contributed by atoms with Gasteiger partial charge >= 0.3 is 5.97 Å². The van der Waals surface area contributed by atoms with Gasteiger partial charge in [-0.3, -0.25) is 9.36 Å². The highest BCUT2D eigenvalue weighted by atomic mass is 32.2. The van der Waals surface area contributed by atoms with Crippen molar-refractivity contribution in [2.24, 2.45) is 4.52 Å². The fraction of sp³-hybridized carbons (Fsp3) is 0.571. The summed E-state index contributed by atoms with van der Waals surface area (Å²) < 4.78 is 10.5. The van der Waals surface area contributed by atoms with E-state index in [1.807, 2.05) is 0 Å². The number of rotatable bonds is 9. The Morgan fingerprint density at radius 3 is 2.97 bits per heavy atom. The SMILES string of the molecule is [N-]=[N+]=NSCC[C@H](NC[C@H]1O[C@@H](n2cnc3c(N)ncnc32)[C@H](O)[C@@H]1O)C(=O)O. The molecule has 0 aliphatic carbocycles. The van der Waals surface area contributed by atoms with Gasteiger partial charge in [-0.05, 0) is 16.5 Å². The van der Waals surface area contributed by atoms with Crippen molar-refractivity contribution >= 4 is 34.9 Å². The molecule has 29 heavy (non-hydrogen) atoms. The zero-order chi connectivity index (χ0) is 21.0. The summed E-state index contributed by atoms with van der Waals surface area (Å²) in [6.07, 6.45) is -1.61. The number of aliphatic hydroxyl groups is 2. The second-order valence-electron chi connectivity index (χ2n) is 6.22. The lowest BCUT2D eigenvalue weighted by molar-refractivity contribution is -0.139. The molecule has 0 bridgehead atoms. The van der Waals surface area contributed by atoms with Gasteiger partial charge in [0.05, 0.1) is 6.33 Å². The number of hydrogen-bond acceptors (Lipinski definition) is 11. The number of carboxylic acids is 1. The summed E-state index contributed by atoms with van der Waals surface area (Å²) in [6, 6.07) is -0.940. The number of azide groups is 1. The fourth-order valence-electron chi connectivity index (χ4n) is 2.99. The molecule has 6 N–H and O–H groups in total. The van der Waals surface area contributed by atoms with Gasteiger partial charge in [-0.2, -0.15) is 0 Å². The smallest absolute Gasteiger partial charge is 0.320 e. The zero-order valence-electron chi connectivity index (χ0n) is 14.9. The van der Waals surface area contributed by atoms with Gasteiger partial charge in [-0.25, -0.2) is 15.0 Å². The first-order valence-electron chi connectivity index (χ1n) is 8.51. The van der Waals surface area contributed by atoms with Gasteiger partial charge in [0.2, 0.25) is 0 Å². The van der Waals surface area contributed by atoms with Gasteiger partial charge in [0.1, 0.15) is 36.2 Å². The molecule has 3 heterocycles. The third kappa shape index (κ3) is 4.50. The highest BCUT2D eigenvalue weighted by molar-refractivity contribution is 7.97. The summed E-state index contributed by atoms with van der Waals surface area (Å²) in [7, 11) is 0. The number of nitrogens with one attached hydrogen (secondary N) is 1. The number of aliphatic carboxylic acids is 1. The molecule has 0 amide bonds. The predicted octanol–water partition coefficient (Wildman–Crippen LogP) is -0.581. The van der Waals surface area contributed by atoms with Crippen molar-refractivity contribution in [1.29, 1.82) is 0 Å². The largest absolute Gasteiger partial charge is 0.480 e. The topological polar surface area (TPSA) is 217 Å². The molecule has 1 fully saturated rings. The van der Waals surface area contributed by atoms with E-state index < -0.39 is 36.6 Å². The lowest BCUT2D eigenvalue weighted by Gasteiger charge is -2.19. The van der Waals surface area contributed by atoms with Crippen LogP contribution in [0.5, 0.6) is 0 Å². The highest BCUT2D eigenvalue weighted by Gasteiger charge is 2.44. The number of carboxylic acid groups (broad SMARTS) is 1. The van der Waals surface area contributed by atoms with Crippen molar-refractivity contribution in [3.8, 4) is 0 Å². The number of imidazole rings is 1. The molecule has 14 nitrogen and oxygen atoms in total. The van der Waals surface area contributed by atoms with Gasteiger partial charge in [0, 0.05) is 17.2 Å². The van der Waals surface area contributed by atoms with Gasteiger partial charge < -0.3 is 31.1 Å². The Labute approximate surface area is 167 Å². The van der Waals surface area contributed by atoms with E-state index in [0.717, 1.165) is 11.9 Å². The van der Waals surface area contributed by atoms with Crippen LogP contribution in [0.3, 0.4) is 0 Å². The Morgan fingerprint density at radius 2 is 2.24 bits per heavy atom. The minimum absolute atomic E-state index is 0.0262. The standard InChI is InChI=1S/C14H19N9O5S/c15-11-8-12(19-4-18-11)23(5-20-8)13-10(25)9(24)7(28-13)3-17-6(14(26)27)1-2-29-22-21-16/h4-7,9-10,13,17,24-25H,1-3H2,(H,26,27)(H2,15,18,19)/t6-,7+,9+,10+,13+/m0/s1. The average molecular weight is 425 g/mol. The molecule has 1 aliphatic rings. The molecule has 1 saturated heterocycles. The monoisotopic (exact) mass is 425 g/mol. The number of anilines is 1. The van der Waals surface area contributed by atoms with Crippen molar-refractivity contribution in [1.82, 2.24) is 24.8 Å². The Balaban J connectivity index is 1.66. The number of aromatic nitrogens is 4. The van der Waals surface area contributed by atoms with E-state index >= 15 is 0 Å². The summed E-state index contributed by atoms with van der Waals surface area (Å²) in [4.78, 5) is 26.0. The summed E-state index contributed by atoms with van der Waals surface area (Å²) in [5.74, 6) is -0.623. The van der Waals surface area contributed by atoms with E-state index in [2.05, 4.69) is 29.7 Å². The van der Waals surface area contributed by atoms with E-state index in [4.69, 9.17) is 16.0 Å². The van der Waals surface area contributed by atoms with Crippen LogP contribution in [0.25, 0.3) is 21.6 Å². The van der Waals surface area contributed by atoms with Gasteiger partial charge in [-0.1, -0.05) is 11.9 Å². The molecule has 2 aromatic rings. The lowest BCUT2D eigenvalue weighted by atomic mass is 10.1. The number of hydrogen-bond donors (Lipinski definition) is 5. The van der Waals surface area contributed by atoms with Gasteiger partial charge in [0.15, 0.2) is 17.7 Å². The molecule has 15 heteroatoms. The van der Waals surface area contributed by atoms with Crippen molar-refractivity contribution in [3.05, 3.63) is 23.1 Å². The first-order valence-corrected chi connectivity index (χ1v) is 9.45. The molecule has 1 aliphatic heterocycles. The second-order valence-corrected chi connectivity index (χ2v) is 7.05. The molecule has 2 aromatic heterocycles. The number of nitrogens with two attached hydrogens (primary N) is 1. The fourth-order valence-corrected chi connectivity index (χ4v) is 3.47. The number of nitrogens with zero attached hydrogens (tertiary/aromatic N) is 7. The number of carbonyl (C=O) groups is 1. The minimum atomic E-state index is -1.29. The average Bonchev–Trinajstić information content (AvgIpc) is 3.24. The van der Waals surface area contributed by atoms with Gasteiger partial charge in [-0.15, -0.1) is 0 Å². The summed E-state index contributed by atoms with van der Waals surface area (Å²) in [6.45, 7) is -0.0262. The van der Waals surface area contributed by atoms with Crippen molar-refractivity contribution in [2.75, 3.05) is 18.0 Å². The first kappa shape index (κ1) is 21.0. The summed E-state index contributed by atoms with van der Waals surface area (Å²) in [5.41, 5.74) is 14.7. The molecule has 0 unspecified atom stereocenters. The number of nitrogen functional groups attached to an aromatic ring is 1. The molecule has 0 spiro atoms. The summed E-state index contributed by atoms with van der Waals surface area (Å²) >= 11 is 0.911. The maximum Gasteiger partial charge on any atom is 0.320 e. The predicted molar refractivity (Wildman–Crippen MR) is 101 cm³/mol. The Hall–Kier alpha value is -2.68. The van der Waals surface area contributed by atoms with E-state index in [1.165, 1.54) is 17.2 Å². The Morgan fingerprint density at radius 1 is 1.45 bits per heavy atom. The zero-order valence-corrected chi connectivity index (χ0v) is 15.8. The number of ether oxygens (including phenoxy) is 1. The number of aliphatic hydroxyl groups excluding tert-OH is 2. The molecule has 0 radical (unpaired) electrons.